The molecule has 21 heavy (non-hydrogen) atoms. The van der Waals surface area contributed by atoms with Gasteiger partial charge in [-0.05, 0) is 25.7 Å². The van der Waals surface area contributed by atoms with Crippen molar-refractivity contribution in [2.75, 3.05) is 20.2 Å². The van der Waals surface area contributed by atoms with Gasteiger partial charge in [0.25, 0.3) is 0 Å². The maximum atomic E-state index is 12.8. The molecule has 1 saturated heterocycles. The summed E-state index contributed by atoms with van der Waals surface area (Å²) in [6.45, 7) is 1.37. The lowest BCUT2D eigenvalue weighted by Gasteiger charge is -2.40. The Morgan fingerprint density at radius 2 is 1.76 bits per heavy atom. The number of halogens is 1. The molecule has 124 valence electrons. The number of nitrogens with two attached hydrogens (primary N) is 1. The van der Waals surface area contributed by atoms with E-state index in [9.17, 15) is 4.79 Å². The van der Waals surface area contributed by atoms with Crippen molar-refractivity contribution in [3.05, 3.63) is 0 Å². The average molecular weight is 319 g/mol. The fourth-order valence-electron chi connectivity index (χ4n) is 3.68. The molecule has 2 N–H and O–H groups in total. The van der Waals surface area contributed by atoms with E-state index in [1.54, 1.807) is 7.11 Å². The van der Waals surface area contributed by atoms with Gasteiger partial charge in [0.1, 0.15) is 0 Å². The fraction of sp³-hybridized carbons (Fsp3) is 0.938. The van der Waals surface area contributed by atoms with Gasteiger partial charge in [-0.2, -0.15) is 0 Å². The molecule has 2 atom stereocenters. The molecule has 0 spiro atoms. The van der Waals surface area contributed by atoms with Crippen molar-refractivity contribution < 1.29 is 9.53 Å². The molecule has 0 aromatic rings. The SMILES string of the molecule is COC1CCN(C(=O)C2CCCCCCC2)C(CN)C1.Cl. The van der Waals surface area contributed by atoms with E-state index in [1.165, 1.54) is 32.1 Å². The number of ether oxygens (including phenoxy) is 1. The van der Waals surface area contributed by atoms with Crippen LogP contribution >= 0.6 is 12.4 Å². The molecule has 1 aliphatic carbocycles. The van der Waals surface area contributed by atoms with E-state index in [-0.39, 0.29) is 30.5 Å². The zero-order valence-electron chi connectivity index (χ0n) is 13.3. The van der Waals surface area contributed by atoms with Crippen molar-refractivity contribution in [1.29, 1.82) is 0 Å². The Hall–Kier alpha value is -0.320. The van der Waals surface area contributed by atoms with Gasteiger partial charge in [-0.25, -0.2) is 0 Å². The minimum atomic E-state index is 0. The maximum absolute atomic E-state index is 12.8. The fourth-order valence-corrected chi connectivity index (χ4v) is 3.68. The third-order valence-electron chi connectivity index (χ3n) is 5.01. The number of hydrogen-bond donors (Lipinski definition) is 1. The van der Waals surface area contributed by atoms with Crippen LogP contribution in [0.15, 0.2) is 0 Å². The van der Waals surface area contributed by atoms with Crippen LogP contribution in [0.5, 0.6) is 0 Å². The smallest absolute Gasteiger partial charge is 0.225 e. The van der Waals surface area contributed by atoms with E-state index in [0.29, 0.717) is 12.5 Å². The van der Waals surface area contributed by atoms with Crippen LogP contribution in [0.3, 0.4) is 0 Å². The van der Waals surface area contributed by atoms with Crippen LogP contribution in [0.1, 0.15) is 57.8 Å². The van der Waals surface area contributed by atoms with Crippen LogP contribution in [0.2, 0.25) is 0 Å². The Bertz CT molecular complexity index is 307. The monoisotopic (exact) mass is 318 g/mol. The van der Waals surface area contributed by atoms with E-state index < -0.39 is 0 Å². The zero-order chi connectivity index (χ0) is 14.4. The summed E-state index contributed by atoms with van der Waals surface area (Å²) in [5.41, 5.74) is 5.88. The van der Waals surface area contributed by atoms with Gasteiger partial charge < -0.3 is 15.4 Å². The minimum absolute atomic E-state index is 0. The molecule has 2 rings (SSSR count). The molecule has 0 bridgehead atoms. The number of carbonyl (C=O) groups is 1. The maximum Gasteiger partial charge on any atom is 0.225 e. The topological polar surface area (TPSA) is 55.6 Å². The average Bonchev–Trinajstić information content (AvgIpc) is 2.45. The lowest BCUT2D eigenvalue weighted by Crippen LogP contribution is -2.52. The normalized spacial score (nSPS) is 28.4. The standard InChI is InChI=1S/C16H30N2O2.ClH/c1-20-15-9-10-18(14(11-15)12-17)16(19)13-7-5-3-2-4-6-8-13;/h13-15H,2-12,17H2,1H3;1H. The van der Waals surface area contributed by atoms with Crippen LogP contribution in [0, 0.1) is 5.92 Å². The third kappa shape index (κ3) is 5.11. The highest BCUT2D eigenvalue weighted by Crippen LogP contribution is 2.27. The van der Waals surface area contributed by atoms with Crippen molar-refractivity contribution in [3.63, 3.8) is 0 Å². The van der Waals surface area contributed by atoms with Crippen LogP contribution in [-0.2, 0) is 9.53 Å². The summed E-state index contributed by atoms with van der Waals surface area (Å²) in [5.74, 6) is 0.598. The van der Waals surface area contributed by atoms with Gasteiger partial charge in [-0.15, -0.1) is 12.4 Å². The van der Waals surface area contributed by atoms with Crippen LogP contribution in [-0.4, -0.2) is 43.2 Å². The van der Waals surface area contributed by atoms with E-state index in [0.717, 1.165) is 32.2 Å². The first-order valence-corrected chi connectivity index (χ1v) is 8.29. The van der Waals surface area contributed by atoms with E-state index in [2.05, 4.69) is 4.90 Å². The number of amides is 1. The molecule has 1 saturated carbocycles. The molecule has 1 aliphatic heterocycles. The molecule has 4 nitrogen and oxygen atoms in total. The Labute approximate surface area is 135 Å². The highest BCUT2D eigenvalue weighted by molar-refractivity contribution is 5.85. The van der Waals surface area contributed by atoms with Crippen molar-refractivity contribution >= 4 is 18.3 Å². The van der Waals surface area contributed by atoms with Crippen LogP contribution in [0.4, 0.5) is 0 Å². The summed E-state index contributed by atoms with van der Waals surface area (Å²) in [6, 6.07) is 0.173. The Morgan fingerprint density at radius 1 is 1.14 bits per heavy atom. The van der Waals surface area contributed by atoms with Gasteiger partial charge in [-0.3, -0.25) is 4.79 Å². The summed E-state index contributed by atoms with van der Waals surface area (Å²) < 4.78 is 5.44. The van der Waals surface area contributed by atoms with Crippen molar-refractivity contribution in [2.45, 2.75) is 69.9 Å². The Morgan fingerprint density at radius 3 is 2.33 bits per heavy atom. The molecule has 1 heterocycles. The number of carbonyl (C=O) groups excluding carboxylic acids is 1. The first-order chi connectivity index (χ1) is 9.76. The van der Waals surface area contributed by atoms with Gasteiger partial charge in [0.15, 0.2) is 0 Å². The van der Waals surface area contributed by atoms with Gasteiger partial charge in [0, 0.05) is 32.2 Å². The first-order valence-electron chi connectivity index (χ1n) is 8.29. The third-order valence-corrected chi connectivity index (χ3v) is 5.01. The molecule has 0 aromatic heterocycles. The second-order valence-electron chi connectivity index (χ2n) is 6.35. The van der Waals surface area contributed by atoms with Crippen LogP contribution in [0.25, 0.3) is 0 Å². The van der Waals surface area contributed by atoms with Crippen molar-refractivity contribution in [1.82, 2.24) is 4.90 Å². The summed E-state index contributed by atoms with van der Waals surface area (Å²) in [5, 5.41) is 0. The van der Waals surface area contributed by atoms with Crippen molar-refractivity contribution in [3.8, 4) is 0 Å². The number of likely N-dealkylation sites (tertiary alicyclic amines) is 1. The number of rotatable bonds is 3. The molecular formula is C16H31ClN2O2. The highest BCUT2D eigenvalue weighted by atomic mass is 35.5. The molecule has 2 aliphatic rings. The number of nitrogens with zero attached hydrogens (tertiary/aromatic N) is 1. The number of piperidine rings is 1. The largest absolute Gasteiger partial charge is 0.381 e. The molecule has 0 radical (unpaired) electrons. The Balaban J connectivity index is 0.00000220. The first kappa shape index (κ1) is 18.7. The molecule has 2 fully saturated rings. The van der Waals surface area contributed by atoms with Crippen molar-refractivity contribution in [2.24, 2.45) is 11.7 Å². The predicted molar refractivity (Wildman–Crippen MR) is 87.6 cm³/mol. The quantitative estimate of drug-likeness (QED) is 0.870. The number of hydrogen-bond acceptors (Lipinski definition) is 3. The highest BCUT2D eigenvalue weighted by Gasteiger charge is 2.33. The summed E-state index contributed by atoms with van der Waals surface area (Å²) in [6.07, 6.45) is 10.6. The van der Waals surface area contributed by atoms with Gasteiger partial charge in [-0.1, -0.05) is 32.1 Å². The minimum Gasteiger partial charge on any atom is -0.381 e. The lowest BCUT2D eigenvalue weighted by atomic mass is 9.88. The summed E-state index contributed by atoms with van der Waals surface area (Å²) in [7, 11) is 1.75. The number of methoxy groups -OCH3 is 1. The second-order valence-corrected chi connectivity index (χ2v) is 6.35. The van der Waals surface area contributed by atoms with Gasteiger partial charge >= 0.3 is 0 Å². The summed E-state index contributed by atoms with van der Waals surface area (Å²) in [4.78, 5) is 14.9. The second kappa shape index (κ2) is 9.65. The molecule has 0 aromatic carbocycles. The van der Waals surface area contributed by atoms with Crippen LogP contribution < -0.4 is 5.73 Å². The molecule has 1 amide bonds. The van der Waals surface area contributed by atoms with Gasteiger partial charge in [0.2, 0.25) is 5.91 Å². The Kier molecular flexibility index (Phi) is 8.60. The predicted octanol–water partition coefficient (Wildman–Crippen LogP) is 2.73. The van der Waals surface area contributed by atoms with E-state index in [4.69, 9.17) is 10.5 Å². The molecule has 5 heteroatoms. The molecular weight excluding hydrogens is 288 g/mol. The zero-order valence-corrected chi connectivity index (χ0v) is 14.1. The van der Waals surface area contributed by atoms with E-state index in [1.807, 2.05) is 0 Å². The molecule has 2 unspecified atom stereocenters. The summed E-state index contributed by atoms with van der Waals surface area (Å²) >= 11 is 0. The lowest BCUT2D eigenvalue weighted by molar-refractivity contribution is -0.141. The van der Waals surface area contributed by atoms with E-state index >= 15 is 0 Å². The van der Waals surface area contributed by atoms with Gasteiger partial charge in [0.05, 0.1) is 6.10 Å².